The second-order valence-corrected chi connectivity index (χ2v) is 5.10. The van der Waals surface area contributed by atoms with Crippen LogP contribution in [0.2, 0.25) is 0 Å². The number of hydrogen-bond acceptors (Lipinski definition) is 4. The standard InChI is InChI=1S/C17H21N3O3/c1-23-16-7-5-13(6-8-16)12-20(10-9-19-17(21)22)15-4-2-3-14(18)11-15/h2-8,11,19H,9-10,12,18H2,1H3,(H,21,22). The number of methoxy groups -OCH3 is 1. The average molecular weight is 315 g/mol. The number of hydrogen-bond donors (Lipinski definition) is 3. The molecule has 0 fully saturated rings. The lowest BCUT2D eigenvalue weighted by Gasteiger charge is -2.25. The molecule has 2 rings (SSSR count). The Morgan fingerprint density at radius 2 is 2.00 bits per heavy atom. The van der Waals surface area contributed by atoms with E-state index >= 15 is 0 Å². The van der Waals surface area contributed by atoms with E-state index in [1.807, 2.05) is 48.5 Å². The molecule has 0 aliphatic carbocycles. The van der Waals surface area contributed by atoms with Gasteiger partial charge in [-0.1, -0.05) is 18.2 Å². The normalized spacial score (nSPS) is 10.1. The lowest BCUT2D eigenvalue weighted by molar-refractivity contribution is 0.194. The molecule has 6 nitrogen and oxygen atoms in total. The van der Waals surface area contributed by atoms with Crippen LogP contribution in [0.15, 0.2) is 48.5 Å². The molecule has 1 amide bonds. The number of benzene rings is 2. The second kappa shape index (κ2) is 7.93. The molecule has 2 aromatic rings. The van der Waals surface area contributed by atoms with Crippen LogP contribution in [0.1, 0.15) is 5.56 Å². The Balaban J connectivity index is 2.12. The minimum absolute atomic E-state index is 0.334. The summed E-state index contributed by atoms with van der Waals surface area (Å²) in [6.07, 6.45) is -1.03. The number of ether oxygens (including phenoxy) is 1. The second-order valence-electron chi connectivity index (χ2n) is 5.10. The van der Waals surface area contributed by atoms with Gasteiger partial charge in [0, 0.05) is 31.0 Å². The van der Waals surface area contributed by atoms with Crippen molar-refractivity contribution in [2.45, 2.75) is 6.54 Å². The van der Waals surface area contributed by atoms with E-state index in [4.69, 9.17) is 15.6 Å². The van der Waals surface area contributed by atoms with Gasteiger partial charge in [-0.3, -0.25) is 0 Å². The van der Waals surface area contributed by atoms with Crippen LogP contribution in [-0.4, -0.2) is 31.4 Å². The number of rotatable bonds is 7. The zero-order chi connectivity index (χ0) is 16.7. The first-order valence-electron chi connectivity index (χ1n) is 7.28. The van der Waals surface area contributed by atoms with Gasteiger partial charge >= 0.3 is 6.09 Å². The zero-order valence-electron chi connectivity index (χ0n) is 13.0. The van der Waals surface area contributed by atoms with Gasteiger partial charge in [0.15, 0.2) is 0 Å². The predicted octanol–water partition coefficient (Wildman–Crippen LogP) is 2.55. The SMILES string of the molecule is COc1ccc(CN(CCNC(=O)O)c2cccc(N)c2)cc1. The Bertz CT molecular complexity index is 644. The smallest absolute Gasteiger partial charge is 0.404 e. The molecule has 0 saturated carbocycles. The molecular weight excluding hydrogens is 294 g/mol. The van der Waals surface area contributed by atoms with Crippen LogP contribution in [0.4, 0.5) is 16.2 Å². The fourth-order valence-electron chi connectivity index (χ4n) is 2.27. The molecule has 0 aromatic heterocycles. The lowest BCUT2D eigenvalue weighted by atomic mass is 10.2. The van der Waals surface area contributed by atoms with Crippen molar-refractivity contribution in [3.63, 3.8) is 0 Å². The van der Waals surface area contributed by atoms with Crippen LogP contribution in [0.3, 0.4) is 0 Å². The van der Waals surface area contributed by atoms with E-state index < -0.39 is 6.09 Å². The number of nitrogens with two attached hydrogens (primary N) is 1. The quantitative estimate of drug-likeness (QED) is 0.683. The maximum Gasteiger partial charge on any atom is 0.404 e. The van der Waals surface area contributed by atoms with Crippen LogP contribution in [0.5, 0.6) is 5.75 Å². The van der Waals surface area contributed by atoms with Crippen LogP contribution in [0, 0.1) is 0 Å². The molecule has 0 unspecified atom stereocenters. The predicted molar refractivity (Wildman–Crippen MR) is 90.9 cm³/mol. The molecule has 23 heavy (non-hydrogen) atoms. The Kier molecular flexibility index (Phi) is 5.68. The molecule has 6 heteroatoms. The van der Waals surface area contributed by atoms with Gasteiger partial charge in [-0.15, -0.1) is 0 Å². The van der Waals surface area contributed by atoms with E-state index in [1.165, 1.54) is 0 Å². The van der Waals surface area contributed by atoms with E-state index in [0.29, 0.717) is 25.3 Å². The number of anilines is 2. The first-order chi connectivity index (χ1) is 11.1. The first-order valence-corrected chi connectivity index (χ1v) is 7.28. The van der Waals surface area contributed by atoms with E-state index in [9.17, 15) is 4.79 Å². The summed E-state index contributed by atoms with van der Waals surface area (Å²) in [5, 5.41) is 11.1. The van der Waals surface area contributed by atoms with Crippen molar-refractivity contribution in [1.29, 1.82) is 0 Å². The highest BCUT2D eigenvalue weighted by Crippen LogP contribution is 2.20. The van der Waals surface area contributed by atoms with Crippen LogP contribution in [-0.2, 0) is 6.54 Å². The van der Waals surface area contributed by atoms with Crippen molar-refractivity contribution in [3.05, 3.63) is 54.1 Å². The van der Waals surface area contributed by atoms with Crippen molar-refractivity contribution in [1.82, 2.24) is 5.32 Å². The Labute approximate surface area is 135 Å². The largest absolute Gasteiger partial charge is 0.497 e. The Hall–Kier alpha value is -2.89. The Morgan fingerprint density at radius 1 is 1.26 bits per heavy atom. The fourth-order valence-corrected chi connectivity index (χ4v) is 2.27. The summed E-state index contributed by atoms with van der Waals surface area (Å²) in [4.78, 5) is 12.7. The highest BCUT2D eigenvalue weighted by molar-refractivity contribution is 5.64. The number of carbonyl (C=O) groups is 1. The highest BCUT2D eigenvalue weighted by Gasteiger charge is 2.09. The minimum atomic E-state index is -1.03. The van der Waals surface area contributed by atoms with Gasteiger partial charge in [0.25, 0.3) is 0 Å². The molecule has 0 spiro atoms. The van der Waals surface area contributed by atoms with Gasteiger partial charge in [0.1, 0.15) is 5.75 Å². The number of nitrogens with zero attached hydrogens (tertiary/aromatic N) is 1. The van der Waals surface area contributed by atoms with E-state index in [-0.39, 0.29) is 0 Å². The fraction of sp³-hybridized carbons (Fsp3) is 0.235. The Morgan fingerprint density at radius 3 is 2.61 bits per heavy atom. The molecule has 2 aromatic carbocycles. The number of amides is 1. The van der Waals surface area contributed by atoms with Crippen molar-refractivity contribution in [2.75, 3.05) is 30.8 Å². The van der Waals surface area contributed by atoms with Crippen molar-refractivity contribution >= 4 is 17.5 Å². The molecule has 122 valence electrons. The van der Waals surface area contributed by atoms with E-state index in [1.54, 1.807) is 7.11 Å². The molecule has 0 atom stereocenters. The van der Waals surface area contributed by atoms with Gasteiger partial charge in [-0.25, -0.2) is 4.79 Å². The summed E-state index contributed by atoms with van der Waals surface area (Å²) in [7, 11) is 1.63. The number of nitrogens with one attached hydrogen (secondary N) is 1. The van der Waals surface area contributed by atoms with Crippen molar-refractivity contribution in [3.8, 4) is 5.75 Å². The van der Waals surface area contributed by atoms with Gasteiger partial charge in [0.05, 0.1) is 7.11 Å². The maximum absolute atomic E-state index is 10.6. The summed E-state index contributed by atoms with van der Waals surface area (Å²) in [5.74, 6) is 0.803. The van der Waals surface area contributed by atoms with Gasteiger partial charge in [0.2, 0.25) is 0 Å². The molecule has 0 radical (unpaired) electrons. The third kappa shape index (κ3) is 5.10. The number of carboxylic acid groups (broad SMARTS) is 1. The molecule has 0 aliphatic rings. The molecule has 0 heterocycles. The summed E-state index contributed by atoms with van der Waals surface area (Å²) in [6, 6.07) is 15.3. The van der Waals surface area contributed by atoms with E-state index in [2.05, 4.69) is 10.2 Å². The lowest BCUT2D eigenvalue weighted by Crippen LogP contribution is -2.34. The molecule has 0 aliphatic heterocycles. The van der Waals surface area contributed by atoms with Crippen molar-refractivity contribution < 1.29 is 14.6 Å². The van der Waals surface area contributed by atoms with Crippen LogP contribution in [0.25, 0.3) is 0 Å². The maximum atomic E-state index is 10.6. The van der Waals surface area contributed by atoms with Crippen molar-refractivity contribution in [2.24, 2.45) is 0 Å². The monoisotopic (exact) mass is 315 g/mol. The van der Waals surface area contributed by atoms with Gasteiger partial charge in [-0.2, -0.15) is 0 Å². The molecule has 0 saturated heterocycles. The minimum Gasteiger partial charge on any atom is -0.497 e. The third-order valence-electron chi connectivity index (χ3n) is 3.43. The van der Waals surface area contributed by atoms with Crippen LogP contribution < -0.4 is 20.7 Å². The highest BCUT2D eigenvalue weighted by atomic mass is 16.5. The summed E-state index contributed by atoms with van der Waals surface area (Å²) in [6.45, 7) is 1.52. The number of nitrogen functional groups attached to an aromatic ring is 1. The average Bonchev–Trinajstić information content (AvgIpc) is 2.54. The molecular formula is C17H21N3O3. The molecule has 0 bridgehead atoms. The third-order valence-corrected chi connectivity index (χ3v) is 3.43. The van der Waals surface area contributed by atoms with Gasteiger partial charge in [-0.05, 0) is 35.9 Å². The summed E-state index contributed by atoms with van der Waals surface area (Å²) < 4.78 is 5.16. The first kappa shape index (κ1) is 16.5. The topological polar surface area (TPSA) is 87.8 Å². The van der Waals surface area contributed by atoms with E-state index in [0.717, 1.165) is 17.0 Å². The summed E-state index contributed by atoms with van der Waals surface area (Å²) in [5.41, 5.74) is 8.58. The van der Waals surface area contributed by atoms with Crippen LogP contribution >= 0.6 is 0 Å². The van der Waals surface area contributed by atoms with Gasteiger partial charge < -0.3 is 25.8 Å². The summed E-state index contributed by atoms with van der Waals surface area (Å²) >= 11 is 0. The zero-order valence-corrected chi connectivity index (χ0v) is 13.0. The molecule has 4 N–H and O–H groups in total.